The van der Waals surface area contributed by atoms with Crippen LogP contribution in [-0.4, -0.2) is 47.6 Å². The number of unbranched alkanes of at least 4 members (excludes halogenated alkanes) is 1. The van der Waals surface area contributed by atoms with E-state index in [1.54, 1.807) is 0 Å². The normalized spacial score (nSPS) is 15.0. The van der Waals surface area contributed by atoms with Gasteiger partial charge in [-0.3, -0.25) is 14.4 Å². The minimum absolute atomic E-state index is 0.366. The molecule has 116 valence electrons. The van der Waals surface area contributed by atoms with Gasteiger partial charge in [0.2, 0.25) is 17.7 Å². The van der Waals surface area contributed by atoms with Crippen molar-refractivity contribution in [2.24, 2.45) is 11.5 Å². The number of carbonyl (C=O) groups excluding carboxylic acids is 3. The second kappa shape index (κ2) is 9.27. The topological polar surface area (TPSA) is 148 Å². The van der Waals surface area contributed by atoms with Crippen molar-refractivity contribution >= 4 is 17.7 Å². The Morgan fingerprint density at radius 1 is 1.20 bits per heavy atom. The highest BCUT2D eigenvalue weighted by Crippen LogP contribution is 2.02. The third-order valence-corrected chi connectivity index (χ3v) is 2.73. The van der Waals surface area contributed by atoms with E-state index in [0.29, 0.717) is 25.8 Å². The zero-order chi connectivity index (χ0) is 15.7. The summed E-state index contributed by atoms with van der Waals surface area (Å²) in [6, 6.07) is -1.96. The minimum Gasteiger partial charge on any atom is -0.391 e. The molecule has 0 unspecified atom stereocenters. The van der Waals surface area contributed by atoms with E-state index in [1.165, 1.54) is 13.8 Å². The number of hydrogen-bond acceptors (Lipinski definition) is 5. The van der Waals surface area contributed by atoms with Crippen LogP contribution in [0.5, 0.6) is 0 Å². The number of primary amides is 1. The van der Waals surface area contributed by atoms with Gasteiger partial charge in [-0.05, 0) is 32.7 Å². The number of aliphatic hydroxyl groups is 1. The third-order valence-electron chi connectivity index (χ3n) is 2.73. The molecule has 0 heterocycles. The van der Waals surface area contributed by atoms with E-state index in [-0.39, 0.29) is 0 Å². The maximum Gasteiger partial charge on any atom is 0.245 e. The summed E-state index contributed by atoms with van der Waals surface area (Å²) in [5, 5.41) is 14.2. The Bertz CT molecular complexity index is 346. The van der Waals surface area contributed by atoms with Crippen LogP contribution in [0.4, 0.5) is 0 Å². The second-order valence-electron chi connectivity index (χ2n) is 4.67. The van der Waals surface area contributed by atoms with Crippen molar-refractivity contribution in [3.63, 3.8) is 0 Å². The van der Waals surface area contributed by atoms with E-state index < -0.39 is 35.9 Å². The van der Waals surface area contributed by atoms with Gasteiger partial charge >= 0.3 is 0 Å². The summed E-state index contributed by atoms with van der Waals surface area (Å²) in [6.45, 7) is 3.09. The molecule has 3 amide bonds. The molecule has 8 heteroatoms. The Labute approximate surface area is 118 Å². The first kappa shape index (κ1) is 18.3. The van der Waals surface area contributed by atoms with Gasteiger partial charge in [0.1, 0.15) is 12.1 Å². The van der Waals surface area contributed by atoms with E-state index >= 15 is 0 Å². The summed E-state index contributed by atoms with van der Waals surface area (Å²) in [7, 11) is 0. The number of carbonyl (C=O) groups is 3. The first-order valence-electron chi connectivity index (χ1n) is 6.54. The number of nitrogens with one attached hydrogen (secondary N) is 2. The van der Waals surface area contributed by atoms with Gasteiger partial charge in [-0.1, -0.05) is 0 Å². The monoisotopic (exact) mass is 288 g/mol. The molecule has 0 saturated carbocycles. The molecule has 0 rings (SSSR count). The zero-order valence-electron chi connectivity index (χ0n) is 11.9. The summed E-state index contributed by atoms with van der Waals surface area (Å²) < 4.78 is 0. The van der Waals surface area contributed by atoms with Crippen LogP contribution in [0.3, 0.4) is 0 Å². The van der Waals surface area contributed by atoms with E-state index in [1.807, 2.05) is 0 Å². The van der Waals surface area contributed by atoms with Crippen LogP contribution < -0.4 is 22.1 Å². The SMILES string of the molecule is CC(=O)N[C@H](C(=O)N[C@@H](CCCCN)C(N)=O)[C@H](C)O. The molecule has 0 aromatic heterocycles. The Kier molecular flexibility index (Phi) is 8.49. The van der Waals surface area contributed by atoms with Gasteiger partial charge in [-0.25, -0.2) is 0 Å². The summed E-state index contributed by atoms with van der Waals surface area (Å²) in [5.41, 5.74) is 10.6. The molecule has 8 nitrogen and oxygen atoms in total. The number of aliphatic hydroxyl groups excluding tert-OH is 1. The van der Waals surface area contributed by atoms with E-state index in [4.69, 9.17) is 11.5 Å². The average molecular weight is 288 g/mol. The lowest BCUT2D eigenvalue weighted by Gasteiger charge is -2.23. The van der Waals surface area contributed by atoms with Crippen molar-refractivity contribution in [2.45, 2.75) is 51.3 Å². The Morgan fingerprint density at radius 2 is 1.80 bits per heavy atom. The van der Waals surface area contributed by atoms with Crippen LogP contribution in [0, 0.1) is 0 Å². The van der Waals surface area contributed by atoms with Crippen molar-refractivity contribution in [3.8, 4) is 0 Å². The van der Waals surface area contributed by atoms with Crippen molar-refractivity contribution in [1.29, 1.82) is 0 Å². The minimum atomic E-state index is -1.12. The van der Waals surface area contributed by atoms with E-state index in [0.717, 1.165) is 0 Å². The Hall–Kier alpha value is -1.67. The smallest absolute Gasteiger partial charge is 0.245 e. The summed E-state index contributed by atoms with van der Waals surface area (Å²) >= 11 is 0. The molecule has 0 saturated heterocycles. The highest BCUT2D eigenvalue weighted by Gasteiger charge is 2.27. The number of hydrogen-bond donors (Lipinski definition) is 5. The summed E-state index contributed by atoms with van der Waals surface area (Å²) in [6.07, 6.45) is 0.636. The molecule has 0 bridgehead atoms. The van der Waals surface area contributed by atoms with Crippen LogP contribution >= 0.6 is 0 Å². The van der Waals surface area contributed by atoms with Gasteiger partial charge in [0.05, 0.1) is 6.10 Å². The zero-order valence-corrected chi connectivity index (χ0v) is 11.9. The molecule has 0 aliphatic carbocycles. The van der Waals surface area contributed by atoms with Crippen LogP contribution in [0.15, 0.2) is 0 Å². The van der Waals surface area contributed by atoms with Gasteiger partial charge in [0.25, 0.3) is 0 Å². The number of amides is 3. The molecule has 0 aromatic rings. The first-order chi connectivity index (χ1) is 9.29. The summed E-state index contributed by atoms with van der Waals surface area (Å²) in [5.74, 6) is -1.76. The Balaban J connectivity index is 4.61. The fourth-order valence-electron chi connectivity index (χ4n) is 1.66. The number of nitrogens with two attached hydrogens (primary N) is 2. The van der Waals surface area contributed by atoms with Crippen molar-refractivity contribution in [3.05, 3.63) is 0 Å². The van der Waals surface area contributed by atoms with Gasteiger partial charge in [0.15, 0.2) is 0 Å². The van der Waals surface area contributed by atoms with Gasteiger partial charge in [0, 0.05) is 6.92 Å². The van der Waals surface area contributed by atoms with Crippen LogP contribution in [0.2, 0.25) is 0 Å². The van der Waals surface area contributed by atoms with Crippen molar-refractivity contribution in [2.75, 3.05) is 6.54 Å². The maximum absolute atomic E-state index is 11.9. The van der Waals surface area contributed by atoms with Gasteiger partial charge in [-0.2, -0.15) is 0 Å². The first-order valence-corrected chi connectivity index (χ1v) is 6.54. The molecular weight excluding hydrogens is 264 g/mol. The van der Waals surface area contributed by atoms with Crippen molar-refractivity contribution in [1.82, 2.24) is 10.6 Å². The lowest BCUT2D eigenvalue weighted by molar-refractivity contribution is -0.133. The predicted molar refractivity (Wildman–Crippen MR) is 73.3 cm³/mol. The number of rotatable bonds is 9. The molecule has 3 atom stereocenters. The molecule has 7 N–H and O–H groups in total. The fraction of sp³-hybridized carbons (Fsp3) is 0.750. The fourth-order valence-corrected chi connectivity index (χ4v) is 1.66. The lowest BCUT2D eigenvalue weighted by Crippen LogP contribution is -2.56. The van der Waals surface area contributed by atoms with Crippen LogP contribution in [-0.2, 0) is 14.4 Å². The largest absolute Gasteiger partial charge is 0.391 e. The highest BCUT2D eigenvalue weighted by molar-refractivity contribution is 5.91. The standard InChI is InChI=1S/C12H24N4O4/c1-7(17)10(15-8(2)18)12(20)16-9(11(14)19)5-3-4-6-13/h7,9-10,17H,3-6,13H2,1-2H3,(H2,14,19)(H,15,18)(H,16,20)/t7-,9-,10-/m0/s1. The lowest BCUT2D eigenvalue weighted by atomic mass is 10.1. The third kappa shape index (κ3) is 7.05. The maximum atomic E-state index is 11.9. The molecule has 0 radical (unpaired) electrons. The molecule has 0 aliphatic heterocycles. The Morgan fingerprint density at radius 3 is 2.20 bits per heavy atom. The van der Waals surface area contributed by atoms with Gasteiger partial charge in [-0.15, -0.1) is 0 Å². The molecule has 0 spiro atoms. The molecule has 0 aromatic carbocycles. The molecular formula is C12H24N4O4. The quantitative estimate of drug-likeness (QED) is 0.310. The van der Waals surface area contributed by atoms with E-state index in [9.17, 15) is 19.5 Å². The predicted octanol–water partition coefficient (Wildman–Crippen LogP) is -2.03. The average Bonchev–Trinajstić information content (AvgIpc) is 2.33. The van der Waals surface area contributed by atoms with Crippen LogP contribution in [0.1, 0.15) is 33.1 Å². The van der Waals surface area contributed by atoms with Gasteiger partial charge < -0.3 is 27.2 Å². The summed E-state index contributed by atoms with van der Waals surface area (Å²) in [4.78, 5) is 34.2. The highest BCUT2D eigenvalue weighted by atomic mass is 16.3. The second-order valence-corrected chi connectivity index (χ2v) is 4.67. The van der Waals surface area contributed by atoms with E-state index in [2.05, 4.69) is 10.6 Å². The molecule has 20 heavy (non-hydrogen) atoms. The molecule has 0 aliphatic rings. The van der Waals surface area contributed by atoms with Crippen LogP contribution in [0.25, 0.3) is 0 Å². The van der Waals surface area contributed by atoms with Crippen molar-refractivity contribution < 1.29 is 19.5 Å². The molecule has 0 fully saturated rings.